The first-order valence-electron chi connectivity index (χ1n) is 9.83. The summed E-state index contributed by atoms with van der Waals surface area (Å²) in [5.74, 6) is -0.821. The first-order chi connectivity index (χ1) is 14.8. The van der Waals surface area contributed by atoms with Crippen molar-refractivity contribution < 1.29 is 9.59 Å². The van der Waals surface area contributed by atoms with Crippen LogP contribution in [0.25, 0.3) is 22.3 Å². The number of aryl methyl sites for hydroxylation is 4. The molecule has 3 heterocycles. The third-order valence-electron chi connectivity index (χ3n) is 5.00. The van der Waals surface area contributed by atoms with Gasteiger partial charge in [0.15, 0.2) is 5.65 Å². The topological polar surface area (TPSA) is 107 Å². The number of pyridine rings is 1. The Labute approximate surface area is 179 Å². The van der Waals surface area contributed by atoms with Gasteiger partial charge in [0.1, 0.15) is 6.54 Å². The standard InChI is InChI=1S/C22H23N7O2/c1-13-10-14(2)29(26-13)12-19(30)24-25-22(31)17-11-18(16-8-6-5-7-9-16)23-21-20(17)15(3)27-28(21)4/h5-11H,12H2,1-4H3,(H,24,30)(H,25,31). The summed E-state index contributed by atoms with van der Waals surface area (Å²) < 4.78 is 3.23. The van der Waals surface area contributed by atoms with Crippen molar-refractivity contribution in [1.82, 2.24) is 35.4 Å². The van der Waals surface area contributed by atoms with Crippen LogP contribution in [0, 0.1) is 20.8 Å². The summed E-state index contributed by atoms with van der Waals surface area (Å²) in [6, 6.07) is 13.2. The number of hydrogen-bond donors (Lipinski definition) is 2. The van der Waals surface area contributed by atoms with Crippen LogP contribution in [0.2, 0.25) is 0 Å². The maximum Gasteiger partial charge on any atom is 0.270 e. The van der Waals surface area contributed by atoms with E-state index in [1.165, 1.54) is 0 Å². The minimum Gasteiger partial charge on any atom is -0.271 e. The fraction of sp³-hybridized carbons (Fsp3) is 0.227. The molecule has 4 aromatic rings. The van der Waals surface area contributed by atoms with Crippen molar-refractivity contribution in [1.29, 1.82) is 0 Å². The molecule has 2 amide bonds. The zero-order chi connectivity index (χ0) is 22.1. The zero-order valence-electron chi connectivity index (χ0n) is 17.8. The molecule has 3 aromatic heterocycles. The molecule has 0 spiro atoms. The molecule has 0 fully saturated rings. The Morgan fingerprint density at radius 1 is 1.00 bits per heavy atom. The summed E-state index contributed by atoms with van der Waals surface area (Å²) in [6.07, 6.45) is 0. The van der Waals surface area contributed by atoms with Crippen LogP contribution in [0.1, 0.15) is 27.4 Å². The average Bonchev–Trinajstić information content (AvgIpc) is 3.22. The van der Waals surface area contributed by atoms with Crippen LogP contribution in [-0.4, -0.2) is 36.4 Å². The molecule has 2 N–H and O–H groups in total. The first kappa shape index (κ1) is 20.3. The predicted octanol–water partition coefficient (Wildman–Crippen LogP) is 2.22. The highest BCUT2D eigenvalue weighted by Crippen LogP contribution is 2.26. The second-order valence-electron chi connectivity index (χ2n) is 7.42. The molecule has 0 radical (unpaired) electrons. The Kier molecular flexibility index (Phi) is 5.24. The summed E-state index contributed by atoms with van der Waals surface area (Å²) in [6.45, 7) is 5.56. The molecule has 0 bridgehead atoms. The third-order valence-corrected chi connectivity index (χ3v) is 5.00. The van der Waals surface area contributed by atoms with Crippen LogP contribution in [0.5, 0.6) is 0 Å². The van der Waals surface area contributed by atoms with Crippen molar-refractivity contribution in [2.24, 2.45) is 7.05 Å². The first-order valence-corrected chi connectivity index (χ1v) is 9.83. The Bertz CT molecular complexity index is 1290. The van der Waals surface area contributed by atoms with E-state index in [4.69, 9.17) is 4.98 Å². The molecular weight excluding hydrogens is 394 g/mol. The molecule has 158 valence electrons. The van der Waals surface area contributed by atoms with Crippen LogP contribution in [-0.2, 0) is 18.4 Å². The number of aromatic nitrogens is 5. The molecule has 9 heteroatoms. The van der Waals surface area contributed by atoms with E-state index in [1.807, 2.05) is 57.2 Å². The summed E-state index contributed by atoms with van der Waals surface area (Å²) >= 11 is 0. The van der Waals surface area contributed by atoms with Crippen molar-refractivity contribution in [3.05, 3.63) is 65.1 Å². The molecule has 1 aromatic carbocycles. The number of amides is 2. The lowest BCUT2D eigenvalue weighted by molar-refractivity contribution is -0.122. The number of fused-ring (bicyclic) bond motifs is 1. The number of nitrogens with zero attached hydrogens (tertiary/aromatic N) is 5. The van der Waals surface area contributed by atoms with Crippen LogP contribution in [0.4, 0.5) is 0 Å². The third kappa shape index (κ3) is 4.02. The fourth-order valence-electron chi connectivity index (χ4n) is 3.59. The van der Waals surface area contributed by atoms with E-state index in [0.29, 0.717) is 28.0 Å². The van der Waals surface area contributed by atoms with Gasteiger partial charge in [-0.2, -0.15) is 10.2 Å². The number of hydrogen-bond acceptors (Lipinski definition) is 5. The molecule has 0 saturated heterocycles. The largest absolute Gasteiger partial charge is 0.271 e. The summed E-state index contributed by atoms with van der Waals surface area (Å²) in [4.78, 5) is 30.0. The smallest absolute Gasteiger partial charge is 0.270 e. The molecule has 0 aliphatic carbocycles. The van der Waals surface area contributed by atoms with E-state index in [-0.39, 0.29) is 12.5 Å². The maximum absolute atomic E-state index is 13.0. The van der Waals surface area contributed by atoms with Gasteiger partial charge in [-0.1, -0.05) is 30.3 Å². The summed E-state index contributed by atoms with van der Waals surface area (Å²) in [5.41, 5.74) is 9.87. The van der Waals surface area contributed by atoms with Gasteiger partial charge in [0.2, 0.25) is 0 Å². The number of hydrazine groups is 1. The maximum atomic E-state index is 13.0. The molecule has 0 unspecified atom stereocenters. The summed E-state index contributed by atoms with van der Waals surface area (Å²) in [5, 5.41) is 9.31. The van der Waals surface area contributed by atoms with E-state index in [1.54, 1.807) is 22.5 Å². The molecule has 0 atom stereocenters. The minimum absolute atomic E-state index is 0.00684. The molecule has 9 nitrogen and oxygen atoms in total. The molecule has 31 heavy (non-hydrogen) atoms. The quantitative estimate of drug-likeness (QED) is 0.495. The van der Waals surface area contributed by atoms with Gasteiger partial charge in [0.05, 0.1) is 28.0 Å². The predicted molar refractivity (Wildman–Crippen MR) is 116 cm³/mol. The van der Waals surface area contributed by atoms with Gasteiger partial charge < -0.3 is 0 Å². The van der Waals surface area contributed by atoms with Gasteiger partial charge in [-0.3, -0.25) is 29.8 Å². The van der Waals surface area contributed by atoms with E-state index >= 15 is 0 Å². The van der Waals surface area contributed by atoms with E-state index in [9.17, 15) is 9.59 Å². The van der Waals surface area contributed by atoms with Crippen molar-refractivity contribution in [2.75, 3.05) is 0 Å². The zero-order valence-corrected chi connectivity index (χ0v) is 17.8. The number of nitrogens with one attached hydrogen (secondary N) is 2. The van der Waals surface area contributed by atoms with Gasteiger partial charge in [-0.05, 0) is 32.9 Å². The molecular formula is C22H23N7O2. The van der Waals surface area contributed by atoms with Crippen LogP contribution in [0.15, 0.2) is 42.5 Å². The number of carbonyl (C=O) groups excluding carboxylic acids is 2. The van der Waals surface area contributed by atoms with Crippen molar-refractivity contribution in [2.45, 2.75) is 27.3 Å². The summed E-state index contributed by atoms with van der Waals surface area (Å²) in [7, 11) is 1.79. The van der Waals surface area contributed by atoms with E-state index < -0.39 is 5.91 Å². The fourth-order valence-corrected chi connectivity index (χ4v) is 3.59. The molecule has 0 aliphatic rings. The van der Waals surface area contributed by atoms with Crippen molar-refractivity contribution in [3.8, 4) is 11.3 Å². The van der Waals surface area contributed by atoms with Gasteiger partial charge in [0, 0.05) is 18.3 Å². The van der Waals surface area contributed by atoms with Gasteiger partial charge >= 0.3 is 0 Å². The second kappa shape index (κ2) is 8.02. The minimum atomic E-state index is -0.442. The van der Waals surface area contributed by atoms with Crippen LogP contribution >= 0.6 is 0 Å². The average molecular weight is 417 g/mol. The SMILES string of the molecule is Cc1cc(C)n(CC(=O)NNC(=O)c2cc(-c3ccccc3)nc3c2c(C)nn3C)n1. The van der Waals surface area contributed by atoms with Crippen LogP contribution < -0.4 is 10.9 Å². The normalized spacial score (nSPS) is 11.0. The monoisotopic (exact) mass is 417 g/mol. The van der Waals surface area contributed by atoms with Crippen molar-refractivity contribution >= 4 is 22.8 Å². The lowest BCUT2D eigenvalue weighted by Crippen LogP contribution is -2.43. The highest BCUT2D eigenvalue weighted by Gasteiger charge is 2.20. The lowest BCUT2D eigenvalue weighted by Gasteiger charge is -2.11. The highest BCUT2D eigenvalue weighted by atomic mass is 16.2. The van der Waals surface area contributed by atoms with Gasteiger partial charge in [0.25, 0.3) is 11.8 Å². The molecule has 0 saturated carbocycles. The number of carbonyl (C=O) groups is 2. The van der Waals surface area contributed by atoms with Crippen molar-refractivity contribution in [3.63, 3.8) is 0 Å². The van der Waals surface area contributed by atoms with E-state index in [2.05, 4.69) is 21.0 Å². The Hall–Kier alpha value is -4.01. The lowest BCUT2D eigenvalue weighted by atomic mass is 10.1. The van der Waals surface area contributed by atoms with Crippen LogP contribution in [0.3, 0.4) is 0 Å². The Balaban J connectivity index is 1.61. The second-order valence-corrected chi connectivity index (χ2v) is 7.42. The highest BCUT2D eigenvalue weighted by molar-refractivity contribution is 6.07. The Morgan fingerprint density at radius 3 is 2.42 bits per heavy atom. The van der Waals surface area contributed by atoms with Gasteiger partial charge in [-0.15, -0.1) is 0 Å². The van der Waals surface area contributed by atoms with Gasteiger partial charge in [-0.25, -0.2) is 4.98 Å². The number of rotatable bonds is 4. The molecule has 4 rings (SSSR count). The molecule has 0 aliphatic heterocycles. The van der Waals surface area contributed by atoms with E-state index in [0.717, 1.165) is 17.0 Å². The Morgan fingerprint density at radius 2 is 1.74 bits per heavy atom. The number of benzene rings is 1.